The fourth-order valence-electron chi connectivity index (χ4n) is 5.40. The molecule has 6 heteroatoms. The van der Waals surface area contributed by atoms with Gasteiger partial charge in [-0.05, 0) is 54.8 Å². The molecular weight excluding hydrogens is 487 g/mol. The van der Waals surface area contributed by atoms with Crippen molar-refractivity contribution in [3.8, 4) is 22.4 Å². The fourth-order valence-corrected chi connectivity index (χ4v) is 5.40. The molecule has 1 aliphatic heterocycles. The van der Waals surface area contributed by atoms with Gasteiger partial charge < -0.3 is 9.30 Å². The van der Waals surface area contributed by atoms with E-state index in [4.69, 9.17) is 4.98 Å². The summed E-state index contributed by atoms with van der Waals surface area (Å²) >= 11 is 0. The van der Waals surface area contributed by atoms with Crippen molar-refractivity contribution in [2.24, 2.45) is 0 Å². The molecule has 0 N–H and O–H groups in total. The fraction of sp³-hybridized carbons (Fsp3) is 0.212. The number of nitrogens with zero attached hydrogens (tertiary/aromatic N) is 4. The number of amides is 1. The minimum absolute atomic E-state index is 0.137. The van der Waals surface area contributed by atoms with E-state index in [1.165, 1.54) is 22.8 Å². The molecule has 3 aromatic carbocycles. The summed E-state index contributed by atoms with van der Waals surface area (Å²) in [5, 5.41) is 0. The third-order valence-corrected chi connectivity index (χ3v) is 7.61. The molecule has 5 nitrogen and oxygen atoms in total. The molecule has 196 valence electrons. The van der Waals surface area contributed by atoms with Crippen LogP contribution in [0, 0.1) is 19.7 Å². The van der Waals surface area contributed by atoms with E-state index in [1.807, 2.05) is 18.2 Å². The predicted molar refractivity (Wildman–Crippen MR) is 153 cm³/mol. The summed E-state index contributed by atoms with van der Waals surface area (Å²) in [6.45, 7) is 7.48. The second kappa shape index (κ2) is 10.5. The van der Waals surface area contributed by atoms with Crippen molar-refractivity contribution in [3.05, 3.63) is 119 Å². The average Bonchev–Trinajstić information content (AvgIpc) is 3.32. The third kappa shape index (κ3) is 4.95. The number of piperazine rings is 1. The van der Waals surface area contributed by atoms with Gasteiger partial charge in [-0.25, -0.2) is 9.37 Å². The molecule has 2 aromatic heterocycles. The molecule has 0 saturated carbocycles. The number of hydrogen-bond donors (Lipinski definition) is 0. The Hall–Kier alpha value is -4.29. The zero-order chi connectivity index (χ0) is 26.9. The predicted octanol–water partition coefficient (Wildman–Crippen LogP) is 6.38. The van der Waals surface area contributed by atoms with Crippen molar-refractivity contribution in [3.63, 3.8) is 0 Å². The molecule has 0 radical (unpaired) electrons. The number of hydrogen-bond acceptors (Lipinski definition) is 3. The van der Waals surface area contributed by atoms with E-state index in [-0.39, 0.29) is 11.5 Å². The summed E-state index contributed by atoms with van der Waals surface area (Å²) < 4.78 is 16.4. The van der Waals surface area contributed by atoms with Crippen molar-refractivity contribution in [2.45, 2.75) is 20.4 Å². The van der Waals surface area contributed by atoms with Crippen LogP contribution in [-0.2, 0) is 6.54 Å². The third-order valence-electron chi connectivity index (χ3n) is 7.61. The van der Waals surface area contributed by atoms with E-state index in [9.17, 15) is 9.18 Å². The van der Waals surface area contributed by atoms with Gasteiger partial charge in [-0.1, -0.05) is 66.2 Å². The lowest BCUT2D eigenvalue weighted by molar-refractivity contribution is 0.0622. The lowest BCUT2D eigenvalue weighted by atomic mass is 10.00. The zero-order valence-electron chi connectivity index (χ0n) is 22.3. The monoisotopic (exact) mass is 518 g/mol. The molecule has 1 amide bonds. The van der Waals surface area contributed by atoms with Gasteiger partial charge in [0.15, 0.2) is 0 Å². The maximum atomic E-state index is 14.2. The second-order valence-corrected chi connectivity index (χ2v) is 10.3. The molecule has 3 heterocycles. The molecule has 0 spiro atoms. The number of carbonyl (C=O) groups is 1. The number of rotatable bonds is 5. The first-order valence-electron chi connectivity index (χ1n) is 13.4. The van der Waals surface area contributed by atoms with Gasteiger partial charge in [0.2, 0.25) is 0 Å². The first-order valence-corrected chi connectivity index (χ1v) is 13.4. The SMILES string of the molecule is Cc1ccc(C)c(-c2ccc3nc(-c4ccccc4)c(CN4CCN(C(=O)c5ccccc5F)CC4)n3c2)c1. The maximum absolute atomic E-state index is 14.2. The van der Waals surface area contributed by atoms with Gasteiger partial charge in [0.05, 0.1) is 17.0 Å². The van der Waals surface area contributed by atoms with Crippen LogP contribution in [0.3, 0.4) is 0 Å². The van der Waals surface area contributed by atoms with E-state index >= 15 is 0 Å². The minimum Gasteiger partial charge on any atom is -0.336 e. The van der Waals surface area contributed by atoms with Crippen molar-refractivity contribution in [1.29, 1.82) is 0 Å². The van der Waals surface area contributed by atoms with Crippen LogP contribution in [-0.4, -0.2) is 51.3 Å². The van der Waals surface area contributed by atoms with Gasteiger partial charge in [-0.3, -0.25) is 9.69 Å². The number of carbonyl (C=O) groups excluding carboxylic acids is 1. The summed E-state index contributed by atoms with van der Waals surface area (Å²) in [5.41, 5.74) is 9.06. The Labute approximate surface area is 228 Å². The van der Waals surface area contributed by atoms with Crippen LogP contribution in [0.15, 0.2) is 91.1 Å². The molecule has 39 heavy (non-hydrogen) atoms. The number of fused-ring (bicyclic) bond motifs is 1. The minimum atomic E-state index is -0.470. The standard InChI is InChI=1S/C33H31FN4O/c1-23-12-13-24(2)28(20-23)26-14-15-31-35-32(25-8-4-3-5-9-25)30(38(31)21-26)22-36-16-18-37(19-17-36)33(39)27-10-6-7-11-29(27)34/h3-15,20-21H,16-19,22H2,1-2H3. The molecule has 1 fully saturated rings. The van der Waals surface area contributed by atoms with Crippen molar-refractivity contribution >= 4 is 11.6 Å². The highest BCUT2D eigenvalue weighted by atomic mass is 19.1. The van der Waals surface area contributed by atoms with Crippen molar-refractivity contribution in [2.75, 3.05) is 26.2 Å². The smallest absolute Gasteiger partial charge is 0.256 e. The van der Waals surface area contributed by atoms with Crippen molar-refractivity contribution in [1.82, 2.24) is 19.2 Å². The van der Waals surface area contributed by atoms with E-state index < -0.39 is 5.82 Å². The Morgan fingerprint density at radius 3 is 2.36 bits per heavy atom. The number of benzene rings is 3. The van der Waals surface area contributed by atoms with E-state index in [0.29, 0.717) is 32.7 Å². The maximum Gasteiger partial charge on any atom is 0.256 e. The highest BCUT2D eigenvalue weighted by molar-refractivity contribution is 5.94. The Morgan fingerprint density at radius 1 is 0.846 bits per heavy atom. The number of imidazole rings is 1. The molecule has 5 aromatic rings. The Kier molecular flexibility index (Phi) is 6.71. The van der Waals surface area contributed by atoms with Gasteiger partial charge >= 0.3 is 0 Å². The Morgan fingerprint density at radius 2 is 1.59 bits per heavy atom. The van der Waals surface area contributed by atoms with Crippen molar-refractivity contribution < 1.29 is 9.18 Å². The molecule has 0 bridgehead atoms. The van der Waals surface area contributed by atoms with Gasteiger partial charge in [0, 0.05) is 44.5 Å². The highest BCUT2D eigenvalue weighted by Crippen LogP contribution is 2.30. The van der Waals surface area contributed by atoms with E-state index in [0.717, 1.165) is 28.2 Å². The highest BCUT2D eigenvalue weighted by Gasteiger charge is 2.26. The molecule has 6 rings (SSSR count). The van der Waals surface area contributed by atoms with Gasteiger partial charge in [-0.15, -0.1) is 0 Å². The molecule has 1 saturated heterocycles. The lowest BCUT2D eigenvalue weighted by Gasteiger charge is -2.34. The van der Waals surface area contributed by atoms with Crippen LogP contribution in [0.1, 0.15) is 27.2 Å². The van der Waals surface area contributed by atoms with Crippen LogP contribution in [0.4, 0.5) is 4.39 Å². The average molecular weight is 519 g/mol. The largest absolute Gasteiger partial charge is 0.336 e. The normalized spacial score (nSPS) is 14.2. The molecular formula is C33H31FN4O. The lowest BCUT2D eigenvalue weighted by Crippen LogP contribution is -2.48. The number of aryl methyl sites for hydroxylation is 2. The molecule has 0 aliphatic carbocycles. The summed E-state index contributed by atoms with van der Waals surface area (Å²) in [6.07, 6.45) is 2.20. The first kappa shape index (κ1) is 25.0. The summed E-state index contributed by atoms with van der Waals surface area (Å²) in [5.74, 6) is -0.714. The second-order valence-electron chi connectivity index (χ2n) is 10.3. The van der Waals surface area contributed by atoms with Gasteiger partial charge in [0.25, 0.3) is 5.91 Å². The summed E-state index contributed by atoms with van der Waals surface area (Å²) in [7, 11) is 0. The van der Waals surface area contributed by atoms with Crippen LogP contribution in [0.25, 0.3) is 28.0 Å². The first-order chi connectivity index (χ1) is 19.0. The summed E-state index contributed by atoms with van der Waals surface area (Å²) in [6, 6.07) is 27.3. The molecule has 1 aliphatic rings. The number of halogens is 1. The van der Waals surface area contributed by atoms with Crippen LogP contribution in [0.5, 0.6) is 0 Å². The Balaban J connectivity index is 1.31. The van der Waals surface area contributed by atoms with Gasteiger partial charge in [-0.2, -0.15) is 0 Å². The van der Waals surface area contributed by atoms with E-state index in [2.05, 4.69) is 71.8 Å². The van der Waals surface area contributed by atoms with E-state index in [1.54, 1.807) is 23.1 Å². The van der Waals surface area contributed by atoms with Crippen LogP contribution in [0.2, 0.25) is 0 Å². The number of aromatic nitrogens is 2. The zero-order valence-corrected chi connectivity index (χ0v) is 22.3. The molecule has 0 atom stereocenters. The van der Waals surface area contributed by atoms with Crippen LogP contribution < -0.4 is 0 Å². The quantitative estimate of drug-likeness (QED) is 0.271. The topological polar surface area (TPSA) is 40.9 Å². The Bertz CT molecular complexity index is 1650. The van der Waals surface area contributed by atoms with Gasteiger partial charge in [0.1, 0.15) is 11.5 Å². The molecule has 0 unspecified atom stereocenters. The summed E-state index contributed by atoms with van der Waals surface area (Å²) in [4.78, 5) is 22.1. The van der Waals surface area contributed by atoms with Crippen LogP contribution >= 0.6 is 0 Å². The number of pyridine rings is 1.